The number of imidazole rings is 1. The number of benzene rings is 1. The summed E-state index contributed by atoms with van der Waals surface area (Å²) in [6.07, 6.45) is 6.58. The molecular formula is C26H20N8O2. The number of Topliss-reactive ketones (excluding diaryl/α,β-unsaturated/α-hetero) is 1. The van der Waals surface area contributed by atoms with E-state index in [-0.39, 0.29) is 30.0 Å². The summed E-state index contributed by atoms with van der Waals surface area (Å²) in [5.74, 6) is -0.231. The molecule has 0 radical (unpaired) electrons. The number of aryl methyl sites for hydroxylation is 1. The molecule has 1 amide bonds. The molecule has 4 aromatic heterocycles. The van der Waals surface area contributed by atoms with Crippen LogP contribution in [0.5, 0.6) is 0 Å². The van der Waals surface area contributed by atoms with Gasteiger partial charge < -0.3 is 5.32 Å². The molecule has 0 aliphatic carbocycles. The lowest BCUT2D eigenvalue weighted by molar-refractivity contribution is 0.0929. The van der Waals surface area contributed by atoms with Gasteiger partial charge in [-0.15, -0.1) is 0 Å². The van der Waals surface area contributed by atoms with E-state index in [0.717, 1.165) is 16.8 Å². The summed E-state index contributed by atoms with van der Waals surface area (Å²) in [5, 5.41) is 15.7. The fraction of sp³-hybridized carbons (Fsp3) is 0.115. The van der Waals surface area contributed by atoms with Crippen molar-refractivity contribution in [2.75, 3.05) is 0 Å². The Morgan fingerprint density at radius 2 is 1.89 bits per heavy atom. The van der Waals surface area contributed by atoms with Gasteiger partial charge in [-0.3, -0.25) is 18.7 Å². The highest BCUT2D eigenvalue weighted by molar-refractivity contribution is 6.07. The first-order valence-corrected chi connectivity index (χ1v) is 11.1. The second kappa shape index (κ2) is 9.60. The number of ketones is 1. The van der Waals surface area contributed by atoms with Crippen LogP contribution in [0, 0.1) is 11.3 Å². The predicted molar refractivity (Wildman–Crippen MR) is 130 cm³/mol. The van der Waals surface area contributed by atoms with Gasteiger partial charge in [-0.2, -0.15) is 10.4 Å². The average molecular weight is 477 g/mol. The number of aromatic nitrogens is 6. The summed E-state index contributed by atoms with van der Waals surface area (Å²) in [6.45, 7) is 0.196. The molecule has 0 bridgehead atoms. The van der Waals surface area contributed by atoms with E-state index >= 15 is 0 Å². The second-order valence-corrected chi connectivity index (χ2v) is 8.09. The lowest BCUT2D eigenvalue weighted by Gasteiger charge is -2.07. The van der Waals surface area contributed by atoms with Crippen molar-refractivity contribution in [3.63, 3.8) is 0 Å². The van der Waals surface area contributed by atoms with Crippen molar-refractivity contribution in [2.24, 2.45) is 7.05 Å². The second-order valence-electron chi connectivity index (χ2n) is 8.09. The molecule has 0 saturated heterocycles. The Morgan fingerprint density at radius 1 is 1.06 bits per heavy atom. The third kappa shape index (κ3) is 4.58. The van der Waals surface area contributed by atoms with E-state index in [1.165, 1.54) is 17.1 Å². The number of carbonyl (C=O) groups excluding carboxylic acids is 2. The molecule has 0 aliphatic heterocycles. The summed E-state index contributed by atoms with van der Waals surface area (Å²) in [6, 6.07) is 16.8. The predicted octanol–water partition coefficient (Wildman–Crippen LogP) is 2.75. The largest absolute Gasteiger partial charge is 0.348 e. The molecular weight excluding hydrogens is 456 g/mol. The molecule has 5 rings (SSSR count). The highest BCUT2D eigenvalue weighted by Gasteiger charge is 2.23. The zero-order valence-electron chi connectivity index (χ0n) is 19.3. The number of carbonyl (C=O) groups is 2. The SMILES string of the molecule is Cn1ncc(C(=O)NCc2ccc(C#N)nc2)c1C(=O)Cc1ccn2cc(-c3ccccc3)nc2n1. The normalized spacial score (nSPS) is 10.8. The van der Waals surface area contributed by atoms with Crippen LogP contribution in [-0.2, 0) is 20.0 Å². The Labute approximate surface area is 205 Å². The number of pyridine rings is 1. The van der Waals surface area contributed by atoms with Crippen LogP contribution in [0.1, 0.15) is 37.8 Å². The molecule has 0 saturated carbocycles. The maximum absolute atomic E-state index is 13.2. The van der Waals surface area contributed by atoms with Gasteiger partial charge in [0.1, 0.15) is 17.5 Å². The minimum atomic E-state index is -0.431. The fourth-order valence-electron chi connectivity index (χ4n) is 3.81. The molecule has 36 heavy (non-hydrogen) atoms. The van der Waals surface area contributed by atoms with E-state index in [2.05, 4.69) is 25.4 Å². The fourth-order valence-corrected chi connectivity index (χ4v) is 3.81. The first kappa shape index (κ1) is 22.6. The average Bonchev–Trinajstić information content (AvgIpc) is 3.51. The molecule has 1 aromatic carbocycles. The number of hydrogen-bond acceptors (Lipinski definition) is 7. The van der Waals surface area contributed by atoms with Crippen LogP contribution in [0.2, 0.25) is 0 Å². The van der Waals surface area contributed by atoms with E-state index in [0.29, 0.717) is 17.2 Å². The molecule has 0 atom stereocenters. The van der Waals surface area contributed by atoms with Gasteiger partial charge in [0, 0.05) is 37.7 Å². The molecule has 176 valence electrons. The first-order chi connectivity index (χ1) is 17.5. The van der Waals surface area contributed by atoms with Crippen LogP contribution in [0.15, 0.2) is 73.3 Å². The quantitative estimate of drug-likeness (QED) is 0.357. The van der Waals surface area contributed by atoms with Crippen molar-refractivity contribution >= 4 is 17.5 Å². The Hall–Kier alpha value is -5.17. The molecule has 1 N–H and O–H groups in total. The van der Waals surface area contributed by atoms with E-state index in [9.17, 15) is 9.59 Å². The molecule has 5 aromatic rings. The maximum atomic E-state index is 13.2. The highest BCUT2D eigenvalue weighted by atomic mass is 16.2. The van der Waals surface area contributed by atoms with Crippen LogP contribution >= 0.6 is 0 Å². The van der Waals surface area contributed by atoms with Crippen molar-refractivity contribution in [3.8, 4) is 17.3 Å². The Morgan fingerprint density at radius 3 is 2.64 bits per heavy atom. The summed E-state index contributed by atoms with van der Waals surface area (Å²) in [7, 11) is 1.62. The number of nitrogens with zero attached hydrogens (tertiary/aromatic N) is 7. The Balaban J connectivity index is 1.31. The zero-order chi connectivity index (χ0) is 25.1. The molecule has 0 fully saturated rings. The molecule has 10 heteroatoms. The van der Waals surface area contributed by atoms with Crippen LogP contribution in [0.3, 0.4) is 0 Å². The topological polar surface area (TPSA) is 131 Å². The van der Waals surface area contributed by atoms with E-state index < -0.39 is 5.91 Å². The van der Waals surface area contributed by atoms with Gasteiger partial charge in [0.05, 0.1) is 29.6 Å². The lowest BCUT2D eigenvalue weighted by atomic mass is 10.1. The third-order valence-corrected chi connectivity index (χ3v) is 5.63. The van der Waals surface area contributed by atoms with E-state index in [1.807, 2.05) is 48.8 Å². The third-order valence-electron chi connectivity index (χ3n) is 5.63. The van der Waals surface area contributed by atoms with Crippen LogP contribution in [-0.4, -0.2) is 40.8 Å². The molecule has 0 spiro atoms. The standard InChI is InChI=1S/C26H20N8O2/c1-33-24(21(15-30-33)25(36)29-14-17-7-8-20(12-27)28-13-17)23(35)11-19-9-10-34-16-22(32-26(34)31-19)18-5-3-2-4-6-18/h2-10,13,15-16H,11,14H2,1H3,(H,29,36). The molecule has 0 aliphatic rings. The highest BCUT2D eigenvalue weighted by Crippen LogP contribution is 2.19. The molecule has 4 heterocycles. The molecule has 0 unspecified atom stereocenters. The van der Waals surface area contributed by atoms with Crippen molar-refractivity contribution in [1.29, 1.82) is 5.26 Å². The lowest BCUT2D eigenvalue weighted by Crippen LogP contribution is -2.25. The van der Waals surface area contributed by atoms with Gasteiger partial charge >= 0.3 is 0 Å². The number of nitrogens with one attached hydrogen (secondary N) is 1. The summed E-state index contributed by atoms with van der Waals surface area (Å²) in [5.41, 5.74) is 3.69. The zero-order valence-corrected chi connectivity index (χ0v) is 19.3. The minimum absolute atomic E-state index is 0.0105. The number of nitriles is 1. The maximum Gasteiger partial charge on any atom is 0.255 e. The van der Waals surface area contributed by atoms with Crippen molar-refractivity contribution in [2.45, 2.75) is 13.0 Å². The van der Waals surface area contributed by atoms with Crippen molar-refractivity contribution < 1.29 is 9.59 Å². The van der Waals surface area contributed by atoms with Crippen LogP contribution in [0.4, 0.5) is 0 Å². The van der Waals surface area contributed by atoms with Gasteiger partial charge in [0.2, 0.25) is 5.78 Å². The minimum Gasteiger partial charge on any atom is -0.348 e. The number of fused-ring (bicyclic) bond motifs is 1. The van der Waals surface area contributed by atoms with Crippen molar-refractivity contribution in [1.82, 2.24) is 34.4 Å². The van der Waals surface area contributed by atoms with E-state index in [1.54, 1.807) is 29.6 Å². The van der Waals surface area contributed by atoms with Crippen LogP contribution < -0.4 is 5.32 Å². The number of hydrogen-bond donors (Lipinski definition) is 1. The van der Waals surface area contributed by atoms with Crippen LogP contribution in [0.25, 0.3) is 17.0 Å². The van der Waals surface area contributed by atoms with Crippen molar-refractivity contribution in [3.05, 3.63) is 102 Å². The smallest absolute Gasteiger partial charge is 0.255 e. The van der Waals surface area contributed by atoms with Gasteiger partial charge in [0.15, 0.2) is 5.78 Å². The Bertz CT molecular complexity index is 1610. The Kier molecular flexibility index (Phi) is 6.03. The number of amides is 1. The summed E-state index contributed by atoms with van der Waals surface area (Å²) >= 11 is 0. The van der Waals surface area contributed by atoms with Gasteiger partial charge in [-0.1, -0.05) is 36.4 Å². The molecule has 10 nitrogen and oxygen atoms in total. The van der Waals surface area contributed by atoms with E-state index in [4.69, 9.17) is 5.26 Å². The summed E-state index contributed by atoms with van der Waals surface area (Å²) < 4.78 is 3.19. The summed E-state index contributed by atoms with van der Waals surface area (Å²) in [4.78, 5) is 39.1. The van der Waals surface area contributed by atoms with Gasteiger partial charge in [0.25, 0.3) is 5.91 Å². The monoisotopic (exact) mass is 476 g/mol. The number of rotatable bonds is 7. The van der Waals surface area contributed by atoms with Gasteiger partial charge in [-0.25, -0.2) is 15.0 Å². The van der Waals surface area contributed by atoms with Gasteiger partial charge in [-0.05, 0) is 17.7 Å². The first-order valence-electron chi connectivity index (χ1n) is 11.1.